The van der Waals surface area contributed by atoms with Crippen LogP contribution >= 0.6 is 15.9 Å². The van der Waals surface area contributed by atoms with Gasteiger partial charge in [0.2, 0.25) is 0 Å². The Morgan fingerprint density at radius 3 is 2.82 bits per heavy atom. The molecule has 1 rings (SSSR count). The van der Waals surface area contributed by atoms with E-state index in [2.05, 4.69) is 26.3 Å². The van der Waals surface area contributed by atoms with Gasteiger partial charge in [0.25, 0.3) is 0 Å². The van der Waals surface area contributed by atoms with Crippen molar-refractivity contribution < 1.29 is 0 Å². The molecule has 0 spiro atoms. The molecule has 1 atom stereocenters. The third-order valence-corrected chi connectivity index (χ3v) is 1.97. The second kappa shape index (κ2) is 3.80. The molecule has 1 heterocycles. The van der Waals surface area contributed by atoms with Crippen LogP contribution in [0.3, 0.4) is 0 Å². The number of nitrogens with two attached hydrogens (primary N) is 1. The zero-order valence-electron chi connectivity index (χ0n) is 6.21. The Bertz CT molecular complexity index is 222. The number of halogens is 1. The summed E-state index contributed by atoms with van der Waals surface area (Å²) in [6.07, 6.45) is 1.79. The summed E-state index contributed by atoms with van der Waals surface area (Å²) in [5.74, 6) is 5.25. The first-order valence-electron chi connectivity index (χ1n) is 3.31. The molecule has 0 aliphatic heterocycles. The van der Waals surface area contributed by atoms with Gasteiger partial charge in [-0.1, -0.05) is 6.07 Å². The number of nitrogens with zero attached hydrogens (tertiary/aromatic N) is 1. The molecule has 60 valence electrons. The van der Waals surface area contributed by atoms with Gasteiger partial charge in [-0.2, -0.15) is 0 Å². The van der Waals surface area contributed by atoms with Crippen LogP contribution in [0.1, 0.15) is 18.5 Å². The molecule has 3 N–H and O–H groups in total. The molecule has 0 aliphatic carbocycles. The predicted molar refractivity (Wildman–Crippen MR) is 47.7 cm³/mol. The van der Waals surface area contributed by atoms with Crippen LogP contribution in [0.25, 0.3) is 0 Å². The molecule has 0 saturated heterocycles. The Hall–Kier alpha value is -0.450. The molecule has 0 radical (unpaired) electrons. The third kappa shape index (κ3) is 2.25. The van der Waals surface area contributed by atoms with Gasteiger partial charge < -0.3 is 0 Å². The lowest BCUT2D eigenvalue weighted by Crippen LogP contribution is -2.25. The van der Waals surface area contributed by atoms with Crippen LogP contribution in [-0.4, -0.2) is 4.98 Å². The maximum absolute atomic E-state index is 5.25. The van der Waals surface area contributed by atoms with Gasteiger partial charge in [-0.05, 0) is 34.5 Å². The molecular weight excluding hydrogens is 206 g/mol. The van der Waals surface area contributed by atoms with E-state index >= 15 is 0 Å². The molecule has 0 saturated carbocycles. The molecule has 4 heteroatoms. The predicted octanol–water partition coefficient (Wildman–Crippen LogP) is 1.37. The fraction of sp³-hybridized carbons (Fsp3) is 0.286. The summed E-state index contributed by atoms with van der Waals surface area (Å²) in [5.41, 5.74) is 3.72. The highest BCUT2D eigenvalue weighted by Crippen LogP contribution is 2.12. The molecule has 0 aromatic carbocycles. The molecule has 1 aromatic rings. The molecule has 0 bridgehead atoms. The summed E-state index contributed by atoms with van der Waals surface area (Å²) in [5, 5.41) is 0. The Balaban J connectivity index is 2.81. The maximum atomic E-state index is 5.25. The highest BCUT2D eigenvalue weighted by atomic mass is 79.9. The van der Waals surface area contributed by atoms with Gasteiger partial charge in [0, 0.05) is 12.2 Å². The van der Waals surface area contributed by atoms with Crippen LogP contribution in [0.2, 0.25) is 0 Å². The van der Waals surface area contributed by atoms with Crippen LogP contribution in [0.15, 0.2) is 22.9 Å². The van der Waals surface area contributed by atoms with Crippen molar-refractivity contribution in [1.29, 1.82) is 0 Å². The van der Waals surface area contributed by atoms with Gasteiger partial charge in [0.15, 0.2) is 0 Å². The van der Waals surface area contributed by atoms with E-state index in [-0.39, 0.29) is 6.04 Å². The third-order valence-electron chi connectivity index (χ3n) is 1.50. The lowest BCUT2D eigenvalue weighted by atomic mass is 10.2. The lowest BCUT2D eigenvalue weighted by molar-refractivity contribution is 0.600. The fourth-order valence-corrected chi connectivity index (χ4v) is 0.974. The van der Waals surface area contributed by atoms with Crippen molar-refractivity contribution in [2.45, 2.75) is 13.0 Å². The van der Waals surface area contributed by atoms with E-state index in [1.165, 1.54) is 0 Å². The van der Waals surface area contributed by atoms with E-state index in [0.29, 0.717) is 0 Å². The molecule has 0 aliphatic rings. The quantitative estimate of drug-likeness (QED) is 0.446. The number of rotatable bonds is 2. The summed E-state index contributed by atoms with van der Waals surface area (Å²) in [6.45, 7) is 1.98. The van der Waals surface area contributed by atoms with Crippen molar-refractivity contribution in [3.05, 3.63) is 28.5 Å². The van der Waals surface area contributed by atoms with Gasteiger partial charge in [0.05, 0.1) is 0 Å². The standard InChI is InChI=1S/C7H10BrN3/c1-5(11-9)6-2-3-7(8)10-4-6/h2-5,11H,9H2,1H3/t5-/m1/s1. The number of nitrogens with one attached hydrogen (secondary N) is 1. The summed E-state index contributed by atoms with van der Waals surface area (Å²) < 4.78 is 0.838. The summed E-state index contributed by atoms with van der Waals surface area (Å²) in [4.78, 5) is 4.07. The van der Waals surface area contributed by atoms with E-state index in [0.717, 1.165) is 10.2 Å². The average molecular weight is 216 g/mol. The molecule has 3 nitrogen and oxygen atoms in total. The van der Waals surface area contributed by atoms with Crippen molar-refractivity contribution in [2.24, 2.45) is 5.84 Å². The Kier molecular flexibility index (Phi) is 2.99. The zero-order chi connectivity index (χ0) is 8.27. The highest BCUT2D eigenvalue weighted by molar-refractivity contribution is 9.10. The van der Waals surface area contributed by atoms with Gasteiger partial charge in [-0.25, -0.2) is 4.98 Å². The number of hydrogen-bond donors (Lipinski definition) is 2. The van der Waals surface area contributed by atoms with E-state index in [1.54, 1.807) is 6.20 Å². The van der Waals surface area contributed by atoms with E-state index in [4.69, 9.17) is 5.84 Å². The SMILES string of the molecule is C[C@@H](NN)c1ccc(Br)nc1. The number of aromatic nitrogens is 1. The minimum atomic E-state index is 0.149. The van der Waals surface area contributed by atoms with Gasteiger partial charge in [-0.15, -0.1) is 0 Å². The summed E-state index contributed by atoms with van der Waals surface area (Å²) in [6, 6.07) is 4.01. The fourth-order valence-electron chi connectivity index (χ4n) is 0.740. The summed E-state index contributed by atoms with van der Waals surface area (Å²) >= 11 is 3.25. The molecular formula is C7H10BrN3. The monoisotopic (exact) mass is 215 g/mol. The number of hydrazine groups is 1. The average Bonchev–Trinajstić information content (AvgIpc) is 2.05. The van der Waals surface area contributed by atoms with Crippen molar-refractivity contribution >= 4 is 15.9 Å². The van der Waals surface area contributed by atoms with Crippen LogP contribution in [0.4, 0.5) is 0 Å². The van der Waals surface area contributed by atoms with Crippen molar-refractivity contribution in [1.82, 2.24) is 10.4 Å². The molecule has 0 amide bonds. The van der Waals surface area contributed by atoms with Crippen LogP contribution in [0, 0.1) is 0 Å². The van der Waals surface area contributed by atoms with Gasteiger partial charge in [-0.3, -0.25) is 11.3 Å². The maximum Gasteiger partial charge on any atom is 0.106 e. The second-order valence-corrected chi connectivity index (χ2v) is 3.12. The number of hydrogen-bond acceptors (Lipinski definition) is 3. The molecule has 0 unspecified atom stereocenters. The van der Waals surface area contributed by atoms with E-state index in [1.807, 2.05) is 19.1 Å². The molecule has 0 fully saturated rings. The largest absolute Gasteiger partial charge is 0.271 e. The van der Waals surface area contributed by atoms with Gasteiger partial charge >= 0.3 is 0 Å². The topological polar surface area (TPSA) is 50.9 Å². The lowest BCUT2D eigenvalue weighted by Gasteiger charge is -2.08. The first-order valence-corrected chi connectivity index (χ1v) is 4.11. The van der Waals surface area contributed by atoms with Crippen LogP contribution in [0.5, 0.6) is 0 Å². The minimum absolute atomic E-state index is 0.149. The van der Waals surface area contributed by atoms with Crippen molar-refractivity contribution in [3.63, 3.8) is 0 Å². The number of pyridine rings is 1. The van der Waals surface area contributed by atoms with Gasteiger partial charge in [0.1, 0.15) is 4.60 Å². The van der Waals surface area contributed by atoms with Crippen LogP contribution < -0.4 is 11.3 Å². The minimum Gasteiger partial charge on any atom is -0.271 e. The first-order chi connectivity index (χ1) is 5.24. The van der Waals surface area contributed by atoms with Crippen molar-refractivity contribution in [3.8, 4) is 0 Å². The Labute approximate surface area is 74.1 Å². The Morgan fingerprint density at radius 2 is 2.36 bits per heavy atom. The van der Waals surface area contributed by atoms with Crippen LogP contribution in [-0.2, 0) is 0 Å². The summed E-state index contributed by atoms with van der Waals surface area (Å²) in [7, 11) is 0. The normalized spacial score (nSPS) is 13.0. The molecule has 11 heavy (non-hydrogen) atoms. The second-order valence-electron chi connectivity index (χ2n) is 2.30. The van der Waals surface area contributed by atoms with Crippen molar-refractivity contribution in [2.75, 3.05) is 0 Å². The first kappa shape index (κ1) is 8.64. The van der Waals surface area contributed by atoms with E-state index < -0.39 is 0 Å². The smallest absolute Gasteiger partial charge is 0.106 e. The Morgan fingerprint density at radius 1 is 1.64 bits per heavy atom. The molecule has 1 aromatic heterocycles. The highest BCUT2D eigenvalue weighted by Gasteiger charge is 2.01. The zero-order valence-corrected chi connectivity index (χ0v) is 7.80. The van der Waals surface area contributed by atoms with E-state index in [9.17, 15) is 0 Å².